The fraction of sp³-hybridized carbons (Fsp3) is 0.500. The highest BCUT2D eigenvalue weighted by Gasteiger charge is 2.23. The molecule has 0 saturated heterocycles. The van der Waals surface area contributed by atoms with Crippen LogP contribution in [-0.4, -0.2) is 30.5 Å². The zero-order valence-electron chi connectivity index (χ0n) is 10.2. The molecule has 3 nitrogen and oxygen atoms in total. The third-order valence-corrected chi connectivity index (χ3v) is 3.10. The summed E-state index contributed by atoms with van der Waals surface area (Å²) in [5.41, 5.74) is 1.48. The molecule has 0 amide bonds. The van der Waals surface area contributed by atoms with Crippen molar-refractivity contribution in [2.75, 3.05) is 13.2 Å². The molecular weight excluding hydrogens is 283 g/mol. The Morgan fingerprint density at radius 3 is 2.71 bits per heavy atom. The Bertz CT molecular complexity index is 357. The fourth-order valence-corrected chi connectivity index (χ4v) is 1.63. The van der Waals surface area contributed by atoms with Crippen LogP contribution in [0.5, 0.6) is 0 Å². The first-order valence-corrected chi connectivity index (χ1v) is 6.66. The van der Waals surface area contributed by atoms with Gasteiger partial charge in [0.25, 0.3) is 0 Å². The topological polar surface area (TPSA) is 49.7 Å². The summed E-state index contributed by atoms with van der Waals surface area (Å²) in [5.74, 6) is 0. The number of rotatable bonds is 6. The molecule has 0 saturated carbocycles. The van der Waals surface area contributed by atoms with E-state index in [4.69, 9.17) is 9.76 Å². The van der Waals surface area contributed by atoms with Crippen LogP contribution in [0.3, 0.4) is 0 Å². The van der Waals surface area contributed by atoms with Crippen LogP contribution in [0.15, 0.2) is 24.3 Å². The van der Waals surface area contributed by atoms with Crippen molar-refractivity contribution in [3.05, 3.63) is 29.8 Å². The third-order valence-electron chi connectivity index (χ3n) is 2.45. The minimum absolute atomic E-state index is 0.0289. The zero-order chi connectivity index (χ0) is 12.9. The smallest absolute Gasteiger partial charge is 0.423 e. The van der Waals surface area contributed by atoms with Crippen molar-refractivity contribution in [2.24, 2.45) is 5.41 Å². The lowest BCUT2D eigenvalue weighted by Gasteiger charge is -2.22. The molecule has 0 aliphatic heterocycles. The van der Waals surface area contributed by atoms with Crippen LogP contribution in [0, 0.1) is 5.41 Å². The summed E-state index contributed by atoms with van der Waals surface area (Å²) in [7, 11) is -0.945. The predicted molar refractivity (Wildman–Crippen MR) is 73.5 cm³/mol. The molecule has 0 bridgehead atoms. The van der Waals surface area contributed by atoms with Crippen molar-refractivity contribution in [3.63, 3.8) is 0 Å². The molecule has 0 spiro atoms. The lowest BCUT2D eigenvalue weighted by molar-refractivity contribution is 0.0886. The second-order valence-corrected chi connectivity index (χ2v) is 5.43. The number of alkyl halides is 1. The Labute approximate surface area is 111 Å². The highest BCUT2D eigenvalue weighted by atomic mass is 79.9. The summed E-state index contributed by atoms with van der Waals surface area (Å²) in [6, 6.07) is 7.58. The number of hydrogen-bond donors (Lipinski definition) is 2. The molecule has 1 aromatic carbocycles. The van der Waals surface area contributed by atoms with Gasteiger partial charge in [0.2, 0.25) is 0 Å². The molecule has 0 aliphatic rings. The van der Waals surface area contributed by atoms with E-state index in [1.165, 1.54) is 0 Å². The minimum Gasteiger partial charge on any atom is -0.423 e. The van der Waals surface area contributed by atoms with Crippen molar-refractivity contribution in [2.45, 2.75) is 19.2 Å². The van der Waals surface area contributed by atoms with Gasteiger partial charge in [-0.3, -0.25) is 0 Å². The van der Waals surface area contributed by atoms with Crippen LogP contribution in [0.1, 0.15) is 19.4 Å². The molecule has 1 aromatic rings. The first-order valence-electron chi connectivity index (χ1n) is 5.54. The normalized spacial score (nSPS) is 11.6. The molecule has 17 heavy (non-hydrogen) atoms. The van der Waals surface area contributed by atoms with Crippen molar-refractivity contribution < 1.29 is 14.8 Å². The molecule has 0 aliphatic carbocycles. The number of aliphatic hydroxyl groups is 1. The highest BCUT2D eigenvalue weighted by molar-refractivity contribution is 9.08. The van der Waals surface area contributed by atoms with Gasteiger partial charge in [0.05, 0.1) is 6.61 Å². The van der Waals surface area contributed by atoms with Crippen molar-refractivity contribution >= 4 is 28.5 Å². The Morgan fingerprint density at radius 1 is 1.41 bits per heavy atom. The quantitative estimate of drug-likeness (QED) is 0.615. The maximum atomic E-state index is 9.88. The molecule has 0 heterocycles. The van der Waals surface area contributed by atoms with Crippen LogP contribution in [0.25, 0.3) is 0 Å². The largest absolute Gasteiger partial charge is 0.491 e. The summed E-state index contributed by atoms with van der Waals surface area (Å²) in [6.45, 7) is 4.10. The minimum atomic E-state index is -0.945. The predicted octanol–water partition coefficient (Wildman–Crippen LogP) is 1.30. The molecule has 0 fully saturated rings. The molecule has 0 atom stereocenters. The molecule has 2 N–H and O–H groups in total. The lowest BCUT2D eigenvalue weighted by atomic mass is 9.78. The molecule has 0 radical (unpaired) electrons. The Balaban J connectivity index is 2.60. The van der Waals surface area contributed by atoms with E-state index in [2.05, 4.69) is 15.9 Å². The first-order chi connectivity index (χ1) is 7.98. The maximum absolute atomic E-state index is 9.88. The van der Waals surface area contributed by atoms with E-state index >= 15 is 0 Å². The van der Waals surface area contributed by atoms with Gasteiger partial charge in [-0.05, 0) is 11.0 Å². The molecule has 94 valence electrons. The summed E-state index contributed by atoms with van der Waals surface area (Å²) < 4.78 is 5.36. The molecular formula is C12H18BBrO3. The Morgan fingerprint density at radius 2 is 2.12 bits per heavy atom. The number of halogens is 1. The maximum Gasteiger partial charge on any atom is 0.491 e. The molecule has 0 aromatic heterocycles. The van der Waals surface area contributed by atoms with E-state index in [1.807, 2.05) is 38.1 Å². The fourth-order valence-electron chi connectivity index (χ4n) is 1.28. The van der Waals surface area contributed by atoms with Gasteiger partial charge in [-0.15, -0.1) is 0 Å². The van der Waals surface area contributed by atoms with Gasteiger partial charge in [-0.1, -0.05) is 54.0 Å². The standard InChI is InChI=1S/C12H18BBrO3/c1-12(2,8-15)9-17-13(16)11-5-3-4-10(6-11)7-14/h3-6,15-16H,7-9H2,1-2H3. The van der Waals surface area contributed by atoms with Crippen molar-refractivity contribution in [1.82, 2.24) is 0 Å². The molecule has 0 unspecified atom stereocenters. The average Bonchev–Trinajstić information content (AvgIpc) is 2.36. The second-order valence-electron chi connectivity index (χ2n) is 4.86. The van der Waals surface area contributed by atoms with Crippen LogP contribution in [0.4, 0.5) is 0 Å². The van der Waals surface area contributed by atoms with Gasteiger partial charge >= 0.3 is 7.12 Å². The van der Waals surface area contributed by atoms with Gasteiger partial charge in [-0.25, -0.2) is 0 Å². The van der Waals surface area contributed by atoms with Crippen molar-refractivity contribution in [3.8, 4) is 0 Å². The van der Waals surface area contributed by atoms with Crippen molar-refractivity contribution in [1.29, 1.82) is 0 Å². The number of hydrogen-bond acceptors (Lipinski definition) is 3. The lowest BCUT2D eigenvalue weighted by Crippen LogP contribution is -2.37. The van der Waals surface area contributed by atoms with Gasteiger partial charge in [-0.2, -0.15) is 0 Å². The Hall–Kier alpha value is -0.355. The van der Waals surface area contributed by atoms with Crippen LogP contribution in [-0.2, 0) is 9.98 Å². The SMILES string of the molecule is CC(C)(CO)COB(O)c1cccc(CBr)c1. The van der Waals surface area contributed by atoms with Gasteiger partial charge in [0.1, 0.15) is 0 Å². The highest BCUT2D eigenvalue weighted by Crippen LogP contribution is 2.14. The van der Waals surface area contributed by atoms with Crippen LogP contribution >= 0.6 is 15.9 Å². The van der Waals surface area contributed by atoms with Crippen LogP contribution < -0.4 is 5.46 Å². The Kier molecular flexibility index (Phi) is 5.66. The van der Waals surface area contributed by atoms with Gasteiger partial charge < -0.3 is 14.8 Å². The van der Waals surface area contributed by atoms with E-state index in [-0.39, 0.29) is 12.0 Å². The van der Waals surface area contributed by atoms with E-state index in [0.29, 0.717) is 6.61 Å². The zero-order valence-corrected chi connectivity index (χ0v) is 11.8. The first kappa shape index (κ1) is 14.7. The average molecular weight is 301 g/mol. The summed E-state index contributed by atoms with van der Waals surface area (Å²) in [6.07, 6.45) is 0. The van der Waals surface area contributed by atoms with E-state index in [1.54, 1.807) is 0 Å². The summed E-state index contributed by atoms with van der Waals surface area (Å²) in [4.78, 5) is 0. The summed E-state index contributed by atoms with van der Waals surface area (Å²) in [5, 5.41) is 19.7. The monoisotopic (exact) mass is 300 g/mol. The van der Waals surface area contributed by atoms with Gasteiger partial charge in [0, 0.05) is 17.4 Å². The van der Waals surface area contributed by atoms with E-state index in [0.717, 1.165) is 16.4 Å². The molecule has 1 rings (SSSR count). The third kappa shape index (κ3) is 4.80. The number of benzene rings is 1. The summed E-state index contributed by atoms with van der Waals surface area (Å²) >= 11 is 3.37. The number of aliphatic hydroxyl groups excluding tert-OH is 1. The van der Waals surface area contributed by atoms with E-state index < -0.39 is 7.12 Å². The second kappa shape index (κ2) is 6.54. The molecule has 5 heteroatoms. The van der Waals surface area contributed by atoms with Crippen LogP contribution in [0.2, 0.25) is 0 Å². The van der Waals surface area contributed by atoms with Gasteiger partial charge in [0.15, 0.2) is 0 Å². The van der Waals surface area contributed by atoms with E-state index in [9.17, 15) is 5.02 Å².